The van der Waals surface area contributed by atoms with Gasteiger partial charge in [0.2, 0.25) is 0 Å². The van der Waals surface area contributed by atoms with E-state index < -0.39 is 0 Å². The number of carbonyl (C=O) groups is 1. The van der Waals surface area contributed by atoms with Crippen LogP contribution in [0.15, 0.2) is 48.0 Å². The van der Waals surface area contributed by atoms with Gasteiger partial charge in [-0.25, -0.2) is 9.97 Å². The molecule has 2 aromatic heterocycles. The van der Waals surface area contributed by atoms with E-state index in [1.807, 2.05) is 40.6 Å². The Labute approximate surface area is 172 Å². The lowest BCUT2D eigenvalue weighted by atomic mass is 10.2. The van der Waals surface area contributed by atoms with Crippen molar-refractivity contribution in [1.29, 1.82) is 5.26 Å². The summed E-state index contributed by atoms with van der Waals surface area (Å²) in [6, 6.07) is 13.3. The van der Waals surface area contributed by atoms with E-state index in [9.17, 15) is 4.79 Å². The number of anilines is 1. The van der Waals surface area contributed by atoms with E-state index in [4.69, 9.17) is 10.00 Å². The molecule has 1 aliphatic rings. The molecule has 0 unspecified atom stereocenters. The number of carbonyl (C=O) groups excluding carboxylic acids is 1. The Hall–Kier alpha value is -3.44. The van der Waals surface area contributed by atoms with Crippen molar-refractivity contribution in [2.24, 2.45) is 0 Å². The Kier molecular flexibility index (Phi) is 5.40. The average molecular weight is 405 g/mol. The summed E-state index contributed by atoms with van der Waals surface area (Å²) in [6.45, 7) is 2.60. The minimum Gasteiger partial charge on any atom is -0.497 e. The third-order valence-corrected chi connectivity index (χ3v) is 5.72. The van der Waals surface area contributed by atoms with Gasteiger partial charge in [0, 0.05) is 43.3 Å². The molecule has 1 saturated heterocycles. The Balaban J connectivity index is 1.39. The van der Waals surface area contributed by atoms with Gasteiger partial charge in [-0.2, -0.15) is 5.26 Å². The van der Waals surface area contributed by atoms with Crippen LogP contribution in [0.3, 0.4) is 0 Å². The number of nitriles is 1. The average Bonchev–Trinajstić information content (AvgIpc) is 3.29. The molecule has 7 nitrogen and oxygen atoms in total. The highest BCUT2D eigenvalue weighted by Gasteiger charge is 2.24. The van der Waals surface area contributed by atoms with Crippen LogP contribution < -0.4 is 9.64 Å². The van der Waals surface area contributed by atoms with Crippen molar-refractivity contribution >= 4 is 23.1 Å². The number of ether oxygens (including phenoxy) is 1. The number of nitrogens with zero attached hydrogens (tertiary/aromatic N) is 5. The van der Waals surface area contributed by atoms with E-state index in [1.165, 1.54) is 11.3 Å². The third-order valence-electron chi connectivity index (χ3n) is 4.83. The van der Waals surface area contributed by atoms with Crippen LogP contribution >= 0.6 is 11.3 Å². The lowest BCUT2D eigenvalue weighted by Crippen LogP contribution is -2.49. The molecule has 0 bridgehead atoms. The molecule has 146 valence electrons. The molecule has 0 aliphatic carbocycles. The molecule has 3 heterocycles. The molecular weight excluding hydrogens is 386 g/mol. The highest BCUT2D eigenvalue weighted by molar-refractivity contribution is 7.13. The fourth-order valence-corrected chi connectivity index (χ4v) is 3.98. The molecule has 1 aromatic carbocycles. The van der Waals surface area contributed by atoms with Crippen molar-refractivity contribution in [2.75, 3.05) is 38.2 Å². The highest BCUT2D eigenvalue weighted by Crippen LogP contribution is 2.26. The zero-order chi connectivity index (χ0) is 20.2. The van der Waals surface area contributed by atoms with Crippen molar-refractivity contribution in [3.8, 4) is 22.4 Å². The molecule has 0 radical (unpaired) electrons. The molecule has 1 fully saturated rings. The minimum atomic E-state index is -0.0477. The Bertz CT molecular complexity index is 1030. The largest absolute Gasteiger partial charge is 0.497 e. The van der Waals surface area contributed by atoms with Crippen LogP contribution in [-0.4, -0.2) is 54.1 Å². The van der Waals surface area contributed by atoms with Crippen LogP contribution in [0.1, 0.15) is 16.1 Å². The number of amides is 1. The molecule has 4 rings (SSSR count). The number of pyridine rings is 1. The van der Waals surface area contributed by atoms with E-state index in [-0.39, 0.29) is 5.91 Å². The minimum absolute atomic E-state index is 0.0477. The number of piperazine rings is 1. The summed E-state index contributed by atoms with van der Waals surface area (Å²) in [5, 5.41) is 11.5. The van der Waals surface area contributed by atoms with E-state index in [2.05, 4.69) is 20.9 Å². The molecule has 0 atom stereocenters. The first-order valence-electron chi connectivity index (χ1n) is 9.18. The van der Waals surface area contributed by atoms with Crippen LogP contribution in [0, 0.1) is 11.3 Å². The molecule has 8 heteroatoms. The quantitative estimate of drug-likeness (QED) is 0.664. The zero-order valence-corrected chi connectivity index (χ0v) is 16.7. The fourth-order valence-electron chi connectivity index (χ4n) is 3.18. The van der Waals surface area contributed by atoms with Crippen molar-refractivity contribution < 1.29 is 9.53 Å². The van der Waals surface area contributed by atoms with Crippen molar-refractivity contribution in [2.45, 2.75) is 0 Å². The van der Waals surface area contributed by atoms with Crippen LogP contribution in [0.2, 0.25) is 0 Å². The number of methoxy groups -OCH3 is 1. The van der Waals surface area contributed by atoms with Gasteiger partial charge in [-0.1, -0.05) is 0 Å². The maximum Gasteiger partial charge on any atom is 0.273 e. The predicted octanol–water partition coefficient (Wildman–Crippen LogP) is 3.05. The Morgan fingerprint density at radius 3 is 2.52 bits per heavy atom. The maximum absolute atomic E-state index is 12.9. The number of hydrogen-bond donors (Lipinski definition) is 0. The van der Waals surface area contributed by atoms with Crippen molar-refractivity contribution in [3.63, 3.8) is 0 Å². The highest BCUT2D eigenvalue weighted by atomic mass is 32.1. The summed E-state index contributed by atoms with van der Waals surface area (Å²) in [7, 11) is 1.63. The second kappa shape index (κ2) is 8.29. The first-order chi connectivity index (χ1) is 14.2. The van der Waals surface area contributed by atoms with E-state index >= 15 is 0 Å². The fraction of sp³-hybridized carbons (Fsp3) is 0.238. The van der Waals surface area contributed by atoms with E-state index in [0.29, 0.717) is 37.4 Å². The van der Waals surface area contributed by atoms with E-state index in [0.717, 1.165) is 22.1 Å². The standard InChI is InChI=1S/C21H19N5O2S/c1-28-17-5-3-16(4-6-17)20-24-18(14-29-20)21(27)26-10-8-25(9-11-26)19-7-2-15(12-22)13-23-19/h2-7,13-14H,8-11H2,1H3. The molecule has 0 saturated carbocycles. The van der Waals surface area contributed by atoms with Crippen LogP contribution in [0.5, 0.6) is 5.75 Å². The number of aromatic nitrogens is 2. The van der Waals surface area contributed by atoms with Gasteiger partial charge in [0.15, 0.2) is 0 Å². The van der Waals surface area contributed by atoms with Gasteiger partial charge in [0.05, 0.1) is 12.7 Å². The molecule has 1 amide bonds. The molecule has 0 N–H and O–H groups in total. The summed E-state index contributed by atoms with van der Waals surface area (Å²) in [6.07, 6.45) is 1.57. The van der Waals surface area contributed by atoms with Crippen LogP contribution in [0.25, 0.3) is 10.6 Å². The Morgan fingerprint density at radius 1 is 1.14 bits per heavy atom. The first-order valence-corrected chi connectivity index (χ1v) is 10.1. The number of hydrogen-bond acceptors (Lipinski definition) is 7. The molecular formula is C21H19N5O2S. The van der Waals surface area contributed by atoms with Crippen LogP contribution in [0.4, 0.5) is 5.82 Å². The summed E-state index contributed by atoms with van der Waals surface area (Å²) >= 11 is 1.46. The lowest BCUT2D eigenvalue weighted by Gasteiger charge is -2.35. The number of rotatable bonds is 4. The smallest absolute Gasteiger partial charge is 0.273 e. The second-order valence-corrected chi connectivity index (χ2v) is 7.42. The molecule has 3 aromatic rings. The summed E-state index contributed by atoms with van der Waals surface area (Å²) in [4.78, 5) is 25.7. The number of benzene rings is 1. The first kappa shape index (κ1) is 18.9. The third kappa shape index (κ3) is 4.05. The van der Waals surface area contributed by atoms with Gasteiger partial charge in [-0.3, -0.25) is 4.79 Å². The van der Waals surface area contributed by atoms with Crippen LogP contribution in [-0.2, 0) is 0 Å². The van der Waals surface area contributed by atoms with Gasteiger partial charge in [0.1, 0.15) is 28.3 Å². The number of thiazole rings is 1. The van der Waals surface area contributed by atoms with Crippen molar-refractivity contribution in [3.05, 3.63) is 59.2 Å². The molecule has 1 aliphatic heterocycles. The SMILES string of the molecule is COc1ccc(-c2nc(C(=O)N3CCN(c4ccc(C#N)cn4)CC3)cs2)cc1. The van der Waals surface area contributed by atoms with Gasteiger partial charge in [-0.05, 0) is 36.4 Å². The maximum atomic E-state index is 12.9. The summed E-state index contributed by atoms with van der Waals surface area (Å²) in [5.74, 6) is 1.57. The Morgan fingerprint density at radius 2 is 1.90 bits per heavy atom. The second-order valence-electron chi connectivity index (χ2n) is 6.56. The zero-order valence-electron chi connectivity index (χ0n) is 15.9. The lowest BCUT2D eigenvalue weighted by molar-refractivity contribution is 0.0741. The molecule has 29 heavy (non-hydrogen) atoms. The van der Waals surface area contributed by atoms with Gasteiger partial charge in [0.25, 0.3) is 5.91 Å². The topological polar surface area (TPSA) is 82.4 Å². The monoisotopic (exact) mass is 405 g/mol. The van der Waals surface area contributed by atoms with Gasteiger partial charge in [-0.15, -0.1) is 11.3 Å². The predicted molar refractivity (Wildman–Crippen MR) is 111 cm³/mol. The molecule has 0 spiro atoms. The summed E-state index contributed by atoms with van der Waals surface area (Å²) in [5.41, 5.74) is 1.98. The normalized spacial score (nSPS) is 13.8. The van der Waals surface area contributed by atoms with Gasteiger partial charge >= 0.3 is 0 Å². The summed E-state index contributed by atoms with van der Waals surface area (Å²) < 4.78 is 5.18. The van der Waals surface area contributed by atoms with Gasteiger partial charge < -0.3 is 14.5 Å². The van der Waals surface area contributed by atoms with Crippen molar-refractivity contribution in [1.82, 2.24) is 14.9 Å². The van der Waals surface area contributed by atoms with E-state index in [1.54, 1.807) is 19.4 Å².